The van der Waals surface area contributed by atoms with E-state index in [2.05, 4.69) is 25.3 Å². The Morgan fingerprint density at radius 3 is 1.71 bits per heavy atom. The maximum absolute atomic E-state index is 13.1. The summed E-state index contributed by atoms with van der Waals surface area (Å²) in [4.78, 5) is 25.9. The molecular weight excluding hydrogens is 656 g/mol. The molecule has 7 unspecified atom stereocenters. The SMILES string of the molecule is C=C(C)C(=O)OC1(C)CCC(OC2CCCC2)CC1Oc1ccc(C2CC(C)(OC(=O)C(=C)C)C(OC3CCCCC3)CC2OC2CCCC2)cc1. The van der Waals surface area contributed by atoms with Crippen molar-refractivity contribution in [1.29, 1.82) is 0 Å². The van der Waals surface area contributed by atoms with Crippen LogP contribution in [0.5, 0.6) is 5.75 Å². The van der Waals surface area contributed by atoms with Crippen LogP contribution >= 0.6 is 0 Å². The summed E-state index contributed by atoms with van der Waals surface area (Å²) < 4.78 is 39.5. The lowest BCUT2D eigenvalue weighted by Gasteiger charge is -2.48. The van der Waals surface area contributed by atoms with Gasteiger partial charge in [-0.15, -0.1) is 0 Å². The van der Waals surface area contributed by atoms with Gasteiger partial charge in [0, 0.05) is 29.9 Å². The van der Waals surface area contributed by atoms with Gasteiger partial charge in [-0.1, -0.05) is 70.2 Å². The first-order valence-electron chi connectivity index (χ1n) is 20.4. The van der Waals surface area contributed by atoms with E-state index in [-0.39, 0.29) is 48.5 Å². The molecule has 8 nitrogen and oxygen atoms in total. The van der Waals surface area contributed by atoms with E-state index in [1.54, 1.807) is 13.8 Å². The molecule has 1 aromatic carbocycles. The number of carbonyl (C=O) groups is 2. The summed E-state index contributed by atoms with van der Waals surface area (Å²) in [6.07, 6.45) is 18.3. The molecule has 5 fully saturated rings. The van der Waals surface area contributed by atoms with Gasteiger partial charge in [-0.25, -0.2) is 9.59 Å². The second-order valence-corrected chi connectivity index (χ2v) is 17.1. The van der Waals surface area contributed by atoms with Gasteiger partial charge in [0.25, 0.3) is 0 Å². The van der Waals surface area contributed by atoms with Crippen molar-refractivity contribution in [3.8, 4) is 5.75 Å². The molecule has 0 radical (unpaired) electrons. The standard InChI is InChI=1S/C44H64O8/c1-29(2)41(45)51-43(5)25-24-36(47-32-16-10-11-17-32)26-39(43)50-35-22-20-31(21-23-35)37-28-44(6,52-42(46)30(3)4)40(49-34-14-8-7-9-15-34)27-38(37)48-33-18-12-13-19-33/h20-23,32-34,36-40H,1,3,7-19,24-28H2,2,4-6H3. The molecule has 5 aliphatic carbocycles. The summed E-state index contributed by atoms with van der Waals surface area (Å²) >= 11 is 0. The Kier molecular flexibility index (Phi) is 12.9. The number of esters is 2. The van der Waals surface area contributed by atoms with Crippen LogP contribution in [0.15, 0.2) is 48.6 Å². The molecule has 288 valence electrons. The van der Waals surface area contributed by atoms with Crippen LogP contribution in [0, 0.1) is 0 Å². The highest BCUT2D eigenvalue weighted by Gasteiger charge is 2.51. The van der Waals surface area contributed by atoms with E-state index in [1.165, 1.54) is 44.9 Å². The number of ether oxygens (including phenoxy) is 6. The third-order valence-electron chi connectivity index (χ3n) is 12.5. The lowest BCUT2D eigenvalue weighted by molar-refractivity contribution is -0.207. The van der Waals surface area contributed by atoms with Crippen LogP contribution < -0.4 is 4.74 Å². The van der Waals surface area contributed by atoms with Crippen molar-refractivity contribution in [2.45, 2.75) is 203 Å². The Morgan fingerprint density at radius 2 is 1.13 bits per heavy atom. The summed E-state index contributed by atoms with van der Waals surface area (Å²) in [5, 5.41) is 0. The van der Waals surface area contributed by atoms with E-state index in [9.17, 15) is 9.59 Å². The normalized spacial score (nSPS) is 33.4. The molecule has 0 aromatic heterocycles. The molecule has 0 bridgehead atoms. The summed E-state index contributed by atoms with van der Waals surface area (Å²) in [6.45, 7) is 15.1. The van der Waals surface area contributed by atoms with E-state index in [0.29, 0.717) is 48.7 Å². The number of rotatable bonds is 13. The zero-order valence-corrected chi connectivity index (χ0v) is 32.3. The minimum atomic E-state index is -0.839. The van der Waals surface area contributed by atoms with E-state index >= 15 is 0 Å². The molecule has 0 heterocycles. The molecule has 0 N–H and O–H groups in total. The van der Waals surface area contributed by atoms with Crippen molar-refractivity contribution in [2.24, 2.45) is 0 Å². The third-order valence-corrected chi connectivity index (χ3v) is 12.5. The Hall–Kier alpha value is -2.68. The minimum Gasteiger partial charge on any atom is -0.486 e. The van der Waals surface area contributed by atoms with Crippen LogP contribution in [0.3, 0.4) is 0 Å². The van der Waals surface area contributed by atoms with E-state index < -0.39 is 17.2 Å². The highest BCUT2D eigenvalue weighted by atomic mass is 16.6. The molecular formula is C44H64O8. The molecule has 7 atom stereocenters. The molecule has 0 spiro atoms. The maximum atomic E-state index is 13.1. The second-order valence-electron chi connectivity index (χ2n) is 17.1. The maximum Gasteiger partial charge on any atom is 0.333 e. The van der Waals surface area contributed by atoms with E-state index in [1.807, 2.05) is 26.0 Å². The van der Waals surface area contributed by atoms with E-state index in [0.717, 1.165) is 50.5 Å². The fourth-order valence-corrected chi connectivity index (χ4v) is 9.30. The number of hydrogen-bond donors (Lipinski definition) is 0. The first kappa shape index (κ1) is 39.0. The Morgan fingerprint density at radius 1 is 0.615 bits per heavy atom. The summed E-state index contributed by atoms with van der Waals surface area (Å²) in [6, 6.07) is 8.29. The van der Waals surface area contributed by atoms with Crippen LogP contribution in [-0.4, -0.2) is 65.9 Å². The van der Waals surface area contributed by atoms with Crippen LogP contribution in [0.25, 0.3) is 0 Å². The average Bonchev–Trinajstić information content (AvgIpc) is 3.83. The second kappa shape index (κ2) is 17.2. The highest BCUT2D eigenvalue weighted by Crippen LogP contribution is 2.47. The molecule has 5 saturated carbocycles. The molecule has 6 rings (SSSR count). The summed E-state index contributed by atoms with van der Waals surface area (Å²) in [7, 11) is 0. The molecule has 8 heteroatoms. The molecule has 0 aliphatic heterocycles. The molecule has 1 aromatic rings. The van der Waals surface area contributed by atoms with Crippen LogP contribution in [0.2, 0.25) is 0 Å². The first-order chi connectivity index (χ1) is 24.9. The molecule has 0 amide bonds. The van der Waals surface area contributed by atoms with Crippen molar-refractivity contribution >= 4 is 11.9 Å². The van der Waals surface area contributed by atoms with Crippen molar-refractivity contribution < 1.29 is 38.0 Å². The zero-order chi connectivity index (χ0) is 36.9. The van der Waals surface area contributed by atoms with Gasteiger partial charge < -0.3 is 28.4 Å². The van der Waals surface area contributed by atoms with E-state index in [4.69, 9.17) is 28.4 Å². The van der Waals surface area contributed by atoms with Gasteiger partial charge in [0.1, 0.15) is 23.1 Å². The number of benzene rings is 1. The largest absolute Gasteiger partial charge is 0.486 e. The Balaban J connectivity index is 1.23. The Labute approximate surface area is 312 Å². The fraction of sp³-hybridized carbons (Fsp3) is 0.727. The van der Waals surface area contributed by atoms with Gasteiger partial charge in [0.2, 0.25) is 0 Å². The van der Waals surface area contributed by atoms with Crippen LogP contribution in [0.1, 0.15) is 155 Å². The highest BCUT2D eigenvalue weighted by molar-refractivity contribution is 5.87. The lowest BCUT2D eigenvalue weighted by Crippen LogP contribution is -2.55. The van der Waals surface area contributed by atoms with Gasteiger partial charge in [-0.05, 0) is 103 Å². The zero-order valence-electron chi connectivity index (χ0n) is 32.3. The molecule has 5 aliphatic rings. The van der Waals surface area contributed by atoms with Crippen molar-refractivity contribution in [2.75, 3.05) is 0 Å². The molecule has 52 heavy (non-hydrogen) atoms. The fourth-order valence-electron chi connectivity index (χ4n) is 9.30. The molecule has 0 saturated heterocycles. The Bertz CT molecular complexity index is 1390. The quantitative estimate of drug-likeness (QED) is 0.147. The topological polar surface area (TPSA) is 89.5 Å². The number of hydrogen-bond acceptors (Lipinski definition) is 8. The minimum absolute atomic E-state index is 0.00978. The van der Waals surface area contributed by atoms with Crippen molar-refractivity contribution in [3.63, 3.8) is 0 Å². The third kappa shape index (κ3) is 9.70. The lowest BCUT2D eigenvalue weighted by atomic mass is 9.72. The van der Waals surface area contributed by atoms with Gasteiger partial charge in [0.05, 0.1) is 36.6 Å². The monoisotopic (exact) mass is 720 g/mol. The number of carbonyl (C=O) groups excluding carboxylic acids is 2. The first-order valence-corrected chi connectivity index (χ1v) is 20.4. The van der Waals surface area contributed by atoms with Crippen LogP contribution in [0.4, 0.5) is 0 Å². The smallest absolute Gasteiger partial charge is 0.333 e. The van der Waals surface area contributed by atoms with Crippen LogP contribution in [-0.2, 0) is 33.3 Å². The van der Waals surface area contributed by atoms with Gasteiger partial charge >= 0.3 is 11.9 Å². The van der Waals surface area contributed by atoms with Gasteiger partial charge in [-0.3, -0.25) is 0 Å². The summed E-state index contributed by atoms with van der Waals surface area (Å²) in [5.74, 6) is -0.0692. The van der Waals surface area contributed by atoms with Gasteiger partial charge in [-0.2, -0.15) is 0 Å². The predicted octanol–water partition coefficient (Wildman–Crippen LogP) is 9.62. The van der Waals surface area contributed by atoms with Gasteiger partial charge in [0.15, 0.2) is 0 Å². The predicted molar refractivity (Wildman–Crippen MR) is 201 cm³/mol. The van der Waals surface area contributed by atoms with Crippen molar-refractivity contribution in [1.82, 2.24) is 0 Å². The summed E-state index contributed by atoms with van der Waals surface area (Å²) in [5.41, 5.74) is 0.235. The van der Waals surface area contributed by atoms with Crippen molar-refractivity contribution in [3.05, 3.63) is 54.1 Å². The average molecular weight is 721 g/mol.